The van der Waals surface area contributed by atoms with Crippen molar-refractivity contribution in [2.24, 2.45) is 7.05 Å². The van der Waals surface area contributed by atoms with Crippen molar-refractivity contribution in [3.8, 4) is 6.01 Å². The lowest BCUT2D eigenvalue weighted by molar-refractivity contribution is 0.232. The molecule has 0 saturated heterocycles. The Hall–Kier alpha value is -1.89. The topological polar surface area (TPSA) is 78.0 Å². The predicted octanol–water partition coefficient (Wildman–Crippen LogP) is 1.27. The van der Waals surface area contributed by atoms with E-state index in [2.05, 4.69) is 41.3 Å². The second-order valence-electron chi connectivity index (χ2n) is 5.38. The molecule has 0 spiro atoms. The van der Waals surface area contributed by atoms with Crippen molar-refractivity contribution in [1.29, 1.82) is 0 Å². The van der Waals surface area contributed by atoms with Gasteiger partial charge in [0.05, 0.1) is 5.69 Å². The summed E-state index contributed by atoms with van der Waals surface area (Å²) in [7, 11) is 1.78. The molecule has 7 heteroatoms. The van der Waals surface area contributed by atoms with Crippen LogP contribution in [0.15, 0.2) is 16.9 Å². The van der Waals surface area contributed by atoms with Crippen molar-refractivity contribution < 1.29 is 9.26 Å². The zero-order valence-corrected chi connectivity index (χ0v) is 11.7. The quantitative estimate of drug-likeness (QED) is 0.877. The third kappa shape index (κ3) is 4.36. The van der Waals surface area contributed by atoms with Gasteiger partial charge in [-0.05, 0) is 20.8 Å². The van der Waals surface area contributed by atoms with Crippen molar-refractivity contribution in [2.75, 3.05) is 0 Å². The summed E-state index contributed by atoms with van der Waals surface area (Å²) < 4.78 is 12.1. The molecule has 0 bridgehead atoms. The fourth-order valence-corrected chi connectivity index (χ4v) is 1.38. The number of nitrogens with zero attached hydrogens (tertiary/aromatic N) is 4. The van der Waals surface area contributed by atoms with Gasteiger partial charge in [0, 0.05) is 25.2 Å². The summed E-state index contributed by atoms with van der Waals surface area (Å²) >= 11 is 0. The summed E-state index contributed by atoms with van der Waals surface area (Å²) in [5.41, 5.74) is 0.899. The lowest BCUT2D eigenvalue weighted by Crippen LogP contribution is -2.35. The van der Waals surface area contributed by atoms with Crippen LogP contribution >= 0.6 is 0 Å². The minimum atomic E-state index is 0.0491. The van der Waals surface area contributed by atoms with Crippen LogP contribution in [0, 0.1) is 0 Å². The first-order valence-electron chi connectivity index (χ1n) is 6.10. The highest BCUT2D eigenvalue weighted by Gasteiger charge is 2.11. The minimum absolute atomic E-state index is 0.0491. The first kappa shape index (κ1) is 13.5. The number of nitrogens with one attached hydrogen (secondary N) is 1. The van der Waals surface area contributed by atoms with Crippen LogP contribution in [0.4, 0.5) is 0 Å². The van der Waals surface area contributed by atoms with Crippen LogP contribution in [-0.4, -0.2) is 25.5 Å². The zero-order valence-electron chi connectivity index (χ0n) is 11.7. The van der Waals surface area contributed by atoms with E-state index in [1.165, 1.54) is 0 Å². The van der Waals surface area contributed by atoms with Crippen LogP contribution in [0.25, 0.3) is 0 Å². The van der Waals surface area contributed by atoms with Gasteiger partial charge in [-0.25, -0.2) is 0 Å². The van der Waals surface area contributed by atoms with Crippen LogP contribution in [0.3, 0.4) is 0 Å². The summed E-state index contributed by atoms with van der Waals surface area (Å²) in [6, 6.07) is 2.19. The van der Waals surface area contributed by atoms with Gasteiger partial charge in [0.25, 0.3) is 0 Å². The minimum Gasteiger partial charge on any atom is -0.454 e. The molecular formula is C12H19N5O2. The lowest BCUT2D eigenvalue weighted by atomic mass is 10.1. The van der Waals surface area contributed by atoms with Crippen LogP contribution in [0.2, 0.25) is 0 Å². The second-order valence-corrected chi connectivity index (χ2v) is 5.38. The standard InChI is InChI=1S/C12H19N5O2/c1-12(2,3)14-6-9-5-10(19-16-9)7-18-11-13-8-17(4)15-11/h5,8,14H,6-7H2,1-4H3. The Balaban J connectivity index is 1.84. The SMILES string of the molecule is Cn1cnc(OCc2cc(CNC(C)(C)C)no2)n1. The third-order valence-electron chi connectivity index (χ3n) is 2.33. The fraction of sp³-hybridized carbons (Fsp3) is 0.583. The van der Waals surface area contributed by atoms with E-state index >= 15 is 0 Å². The average molecular weight is 265 g/mol. The third-order valence-corrected chi connectivity index (χ3v) is 2.33. The molecule has 7 nitrogen and oxygen atoms in total. The molecule has 0 saturated carbocycles. The van der Waals surface area contributed by atoms with E-state index in [9.17, 15) is 0 Å². The molecule has 104 valence electrons. The summed E-state index contributed by atoms with van der Waals surface area (Å²) in [6.45, 7) is 7.24. The van der Waals surface area contributed by atoms with Gasteiger partial charge < -0.3 is 14.6 Å². The first-order chi connectivity index (χ1) is 8.92. The fourth-order valence-electron chi connectivity index (χ4n) is 1.38. The van der Waals surface area contributed by atoms with E-state index in [-0.39, 0.29) is 12.1 Å². The Morgan fingerprint density at radius 1 is 1.42 bits per heavy atom. The molecule has 19 heavy (non-hydrogen) atoms. The molecule has 0 fully saturated rings. The number of aromatic nitrogens is 4. The molecule has 0 amide bonds. The molecule has 1 N–H and O–H groups in total. The van der Waals surface area contributed by atoms with Crippen LogP contribution in [-0.2, 0) is 20.2 Å². The summed E-state index contributed by atoms with van der Waals surface area (Å²) in [4.78, 5) is 3.96. The summed E-state index contributed by atoms with van der Waals surface area (Å²) in [5.74, 6) is 0.651. The first-order valence-corrected chi connectivity index (χ1v) is 6.10. The van der Waals surface area contributed by atoms with Crippen molar-refractivity contribution in [1.82, 2.24) is 25.2 Å². The summed E-state index contributed by atoms with van der Waals surface area (Å²) in [5, 5.41) is 11.3. The van der Waals surface area contributed by atoms with Gasteiger partial charge in [0.1, 0.15) is 6.33 Å². The number of rotatable bonds is 5. The number of hydrogen-bond donors (Lipinski definition) is 1. The Kier molecular flexibility index (Phi) is 3.84. The molecular weight excluding hydrogens is 246 g/mol. The molecule has 0 aliphatic rings. The van der Waals surface area contributed by atoms with E-state index in [0.717, 1.165) is 5.69 Å². The maximum absolute atomic E-state index is 5.37. The average Bonchev–Trinajstić information content (AvgIpc) is 2.92. The largest absolute Gasteiger partial charge is 0.454 e. The second kappa shape index (κ2) is 5.40. The smallest absolute Gasteiger partial charge is 0.335 e. The Morgan fingerprint density at radius 2 is 2.21 bits per heavy atom. The molecule has 2 aromatic rings. The zero-order chi connectivity index (χ0) is 13.9. The number of ether oxygens (including phenoxy) is 1. The molecule has 0 unspecified atom stereocenters. The molecule has 0 radical (unpaired) electrons. The normalized spacial score (nSPS) is 11.8. The Morgan fingerprint density at radius 3 is 2.84 bits per heavy atom. The van der Waals surface area contributed by atoms with Gasteiger partial charge in [-0.3, -0.25) is 4.68 Å². The van der Waals surface area contributed by atoms with E-state index in [0.29, 0.717) is 18.3 Å². The van der Waals surface area contributed by atoms with Gasteiger partial charge in [0.15, 0.2) is 12.4 Å². The van der Waals surface area contributed by atoms with Crippen molar-refractivity contribution in [3.63, 3.8) is 0 Å². The lowest BCUT2D eigenvalue weighted by Gasteiger charge is -2.19. The van der Waals surface area contributed by atoms with Crippen molar-refractivity contribution in [2.45, 2.75) is 39.5 Å². The summed E-state index contributed by atoms with van der Waals surface area (Å²) in [6.07, 6.45) is 1.58. The number of aryl methyl sites for hydroxylation is 1. The maximum atomic E-state index is 5.37. The Bertz CT molecular complexity index is 526. The van der Waals surface area contributed by atoms with Gasteiger partial charge in [-0.2, -0.15) is 4.98 Å². The van der Waals surface area contributed by atoms with E-state index in [1.54, 1.807) is 18.1 Å². The van der Waals surface area contributed by atoms with E-state index in [1.807, 2.05) is 6.07 Å². The molecule has 2 heterocycles. The molecule has 2 aromatic heterocycles. The highest BCUT2D eigenvalue weighted by Crippen LogP contribution is 2.09. The van der Waals surface area contributed by atoms with Crippen molar-refractivity contribution >= 4 is 0 Å². The van der Waals surface area contributed by atoms with E-state index < -0.39 is 0 Å². The molecule has 0 aliphatic carbocycles. The highest BCUT2D eigenvalue weighted by atomic mass is 16.5. The molecule has 2 rings (SSSR count). The number of hydrogen-bond acceptors (Lipinski definition) is 6. The van der Waals surface area contributed by atoms with Gasteiger partial charge in [-0.1, -0.05) is 5.16 Å². The van der Waals surface area contributed by atoms with Crippen molar-refractivity contribution in [3.05, 3.63) is 23.8 Å². The van der Waals surface area contributed by atoms with Crippen LogP contribution in [0.5, 0.6) is 6.01 Å². The van der Waals surface area contributed by atoms with Gasteiger partial charge >= 0.3 is 6.01 Å². The van der Waals surface area contributed by atoms with Gasteiger partial charge in [-0.15, -0.1) is 5.10 Å². The van der Waals surface area contributed by atoms with Crippen LogP contribution in [0.1, 0.15) is 32.2 Å². The molecule has 0 atom stereocenters. The molecule has 0 aromatic carbocycles. The Labute approximate surface area is 111 Å². The highest BCUT2D eigenvalue weighted by molar-refractivity contribution is 5.05. The predicted molar refractivity (Wildman–Crippen MR) is 68.4 cm³/mol. The molecule has 0 aliphatic heterocycles. The monoisotopic (exact) mass is 265 g/mol. The van der Waals surface area contributed by atoms with Crippen LogP contribution < -0.4 is 10.1 Å². The maximum Gasteiger partial charge on any atom is 0.335 e. The van der Waals surface area contributed by atoms with Gasteiger partial charge in [0.2, 0.25) is 0 Å². The van der Waals surface area contributed by atoms with E-state index in [4.69, 9.17) is 9.26 Å².